The lowest BCUT2D eigenvalue weighted by Gasteiger charge is -2.09. The van der Waals surface area contributed by atoms with Gasteiger partial charge in [0.1, 0.15) is 0 Å². The SMILES string of the molecule is CC(C)c1cccc2c(=O)c(N)c[nH]c12. The number of nitrogen functional groups attached to an aromatic ring is 1. The van der Waals surface area contributed by atoms with E-state index in [1.807, 2.05) is 12.1 Å². The number of hydrogen-bond acceptors (Lipinski definition) is 2. The molecule has 3 nitrogen and oxygen atoms in total. The summed E-state index contributed by atoms with van der Waals surface area (Å²) in [6.45, 7) is 4.20. The van der Waals surface area contributed by atoms with Gasteiger partial charge in [0.05, 0.1) is 11.2 Å². The summed E-state index contributed by atoms with van der Waals surface area (Å²) in [5.74, 6) is 0.382. The molecule has 0 radical (unpaired) electrons. The molecule has 1 aromatic carbocycles. The molecule has 0 aliphatic heterocycles. The van der Waals surface area contributed by atoms with E-state index in [-0.39, 0.29) is 11.1 Å². The van der Waals surface area contributed by atoms with Crippen LogP contribution in [-0.4, -0.2) is 4.98 Å². The smallest absolute Gasteiger partial charge is 0.212 e. The summed E-state index contributed by atoms with van der Waals surface area (Å²) in [5.41, 5.74) is 7.78. The van der Waals surface area contributed by atoms with Gasteiger partial charge in [0, 0.05) is 11.6 Å². The molecule has 0 saturated carbocycles. The van der Waals surface area contributed by atoms with Crippen molar-refractivity contribution in [3.05, 3.63) is 40.2 Å². The van der Waals surface area contributed by atoms with Crippen molar-refractivity contribution >= 4 is 16.6 Å². The number of nitrogens with one attached hydrogen (secondary N) is 1. The van der Waals surface area contributed by atoms with Crippen molar-refractivity contribution in [1.29, 1.82) is 0 Å². The Hall–Kier alpha value is -1.77. The summed E-state index contributed by atoms with van der Waals surface area (Å²) < 4.78 is 0. The fourth-order valence-corrected chi connectivity index (χ4v) is 1.77. The van der Waals surface area contributed by atoms with Gasteiger partial charge in [0.25, 0.3) is 0 Å². The van der Waals surface area contributed by atoms with E-state index in [1.165, 1.54) is 0 Å². The van der Waals surface area contributed by atoms with Gasteiger partial charge in [-0.1, -0.05) is 26.0 Å². The lowest BCUT2D eigenvalue weighted by Crippen LogP contribution is -2.10. The molecular formula is C12H14N2O. The fourth-order valence-electron chi connectivity index (χ4n) is 1.77. The second-order valence-electron chi connectivity index (χ2n) is 4.00. The summed E-state index contributed by atoms with van der Waals surface area (Å²) in [5, 5.41) is 0.668. The largest absolute Gasteiger partial charge is 0.394 e. The van der Waals surface area contributed by atoms with Gasteiger partial charge in [0.2, 0.25) is 5.43 Å². The predicted octanol–water partition coefficient (Wildman–Crippen LogP) is 2.23. The van der Waals surface area contributed by atoms with E-state index in [4.69, 9.17) is 5.73 Å². The molecule has 3 N–H and O–H groups in total. The van der Waals surface area contributed by atoms with E-state index in [2.05, 4.69) is 18.8 Å². The molecular weight excluding hydrogens is 188 g/mol. The summed E-state index contributed by atoms with van der Waals surface area (Å²) >= 11 is 0. The molecule has 0 amide bonds. The van der Waals surface area contributed by atoms with Crippen molar-refractivity contribution in [1.82, 2.24) is 4.98 Å². The van der Waals surface area contributed by atoms with Crippen LogP contribution in [0.1, 0.15) is 25.3 Å². The van der Waals surface area contributed by atoms with E-state index in [1.54, 1.807) is 12.3 Å². The van der Waals surface area contributed by atoms with Crippen LogP contribution >= 0.6 is 0 Å². The second-order valence-corrected chi connectivity index (χ2v) is 4.00. The monoisotopic (exact) mass is 202 g/mol. The molecule has 0 saturated heterocycles. The Kier molecular flexibility index (Phi) is 2.23. The Morgan fingerprint density at radius 1 is 1.33 bits per heavy atom. The summed E-state index contributed by atoms with van der Waals surface area (Å²) in [6.07, 6.45) is 1.57. The number of hydrogen-bond donors (Lipinski definition) is 2. The third-order valence-electron chi connectivity index (χ3n) is 2.60. The molecule has 1 aromatic heterocycles. The van der Waals surface area contributed by atoms with Crippen LogP contribution in [0.3, 0.4) is 0 Å². The molecule has 0 aliphatic rings. The van der Waals surface area contributed by atoms with Gasteiger partial charge in [-0.2, -0.15) is 0 Å². The van der Waals surface area contributed by atoms with E-state index >= 15 is 0 Å². The number of fused-ring (bicyclic) bond motifs is 1. The molecule has 1 heterocycles. The third-order valence-corrected chi connectivity index (χ3v) is 2.60. The molecule has 3 heteroatoms. The third kappa shape index (κ3) is 1.50. The lowest BCUT2D eigenvalue weighted by molar-refractivity contribution is 0.873. The molecule has 78 valence electrons. The zero-order valence-corrected chi connectivity index (χ0v) is 8.87. The Labute approximate surface area is 87.9 Å². The first kappa shape index (κ1) is 9.77. The summed E-state index contributed by atoms with van der Waals surface area (Å²) in [7, 11) is 0. The molecule has 0 aliphatic carbocycles. The Balaban J connectivity index is 2.90. The van der Waals surface area contributed by atoms with Crippen LogP contribution in [-0.2, 0) is 0 Å². The van der Waals surface area contributed by atoms with Crippen LogP contribution in [0.4, 0.5) is 5.69 Å². The van der Waals surface area contributed by atoms with Gasteiger partial charge in [0.15, 0.2) is 0 Å². The zero-order valence-electron chi connectivity index (χ0n) is 8.87. The number of anilines is 1. The first-order chi connectivity index (χ1) is 7.11. The van der Waals surface area contributed by atoms with E-state index < -0.39 is 0 Å². The number of nitrogens with two attached hydrogens (primary N) is 1. The predicted molar refractivity (Wildman–Crippen MR) is 63.1 cm³/mol. The van der Waals surface area contributed by atoms with Gasteiger partial charge in [-0.15, -0.1) is 0 Å². The molecule has 2 rings (SSSR count). The molecule has 0 bridgehead atoms. The fraction of sp³-hybridized carbons (Fsp3) is 0.250. The Morgan fingerprint density at radius 3 is 2.73 bits per heavy atom. The maximum atomic E-state index is 11.8. The highest BCUT2D eigenvalue weighted by Gasteiger charge is 2.08. The van der Waals surface area contributed by atoms with Crippen molar-refractivity contribution < 1.29 is 0 Å². The summed E-state index contributed by atoms with van der Waals surface area (Å²) in [6, 6.07) is 5.72. The topological polar surface area (TPSA) is 58.9 Å². The number of para-hydroxylation sites is 1. The second kappa shape index (κ2) is 3.42. The minimum atomic E-state index is -0.0914. The maximum absolute atomic E-state index is 11.8. The highest BCUT2D eigenvalue weighted by atomic mass is 16.1. The van der Waals surface area contributed by atoms with Crippen LogP contribution in [0.5, 0.6) is 0 Å². The van der Waals surface area contributed by atoms with Crippen molar-refractivity contribution in [3.63, 3.8) is 0 Å². The van der Waals surface area contributed by atoms with E-state index in [9.17, 15) is 4.79 Å². The van der Waals surface area contributed by atoms with Gasteiger partial charge >= 0.3 is 0 Å². The van der Waals surface area contributed by atoms with Crippen molar-refractivity contribution in [3.8, 4) is 0 Å². The number of aromatic amines is 1. The number of pyridine rings is 1. The first-order valence-electron chi connectivity index (χ1n) is 5.01. The molecule has 15 heavy (non-hydrogen) atoms. The highest BCUT2D eigenvalue weighted by molar-refractivity contribution is 5.84. The molecule has 0 unspecified atom stereocenters. The van der Waals surface area contributed by atoms with Crippen LogP contribution < -0.4 is 11.2 Å². The first-order valence-corrected chi connectivity index (χ1v) is 5.01. The number of rotatable bonds is 1. The average molecular weight is 202 g/mol. The highest BCUT2D eigenvalue weighted by Crippen LogP contribution is 2.21. The molecule has 0 atom stereocenters. The Morgan fingerprint density at radius 2 is 2.07 bits per heavy atom. The van der Waals surface area contributed by atoms with Crippen LogP contribution in [0.15, 0.2) is 29.2 Å². The lowest BCUT2D eigenvalue weighted by atomic mass is 9.99. The number of aromatic nitrogens is 1. The number of benzene rings is 1. The van der Waals surface area contributed by atoms with E-state index in [0.29, 0.717) is 11.3 Å². The van der Waals surface area contributed by atoms with Gasteiger partial charge < -0.3 is 10.7 Å². The normalized spacial score (nSPS) is 11.1. The molecule has 0 fully saturated rings. The molecule has 0 spiro atoms. The average Bonchev–Trinajstić information content (AvgIpc) is 2.23. The van der Waals surface area contributed by atoms with Crippen LogP contribution in [0.2, 0.25) is 0 Å². The van der Waals surface area contributed by atoms with Crippen molar-refractivity contribution in [2.45, 2.75) is 19.8 Å². The molecule has 2 aromatic rings. The Bertz CT molecular complexity index is 555. The van der Waals surface area contributed by atoms with Crippen LogP contribution in [0, 0.1) is 0 Å². The van der Waals surface area contributed by atoms with Gasteiger partial charge in [-0.25, -0.2) is 0 Å². The van der Waals surface area contributed by atoms with Gasteiger partial charge in [-0.05, 0) is 17.5 Å². The summed E-state index contributed by atoms with van der Waals surface area (Å²) in [4.78, 5) is 14.8. The van der Waals surface area contributed by atoms with Crippen LogP contribution in [0.25, 0.3) is 10.9 Å². The van der Waals surface area contributed by atoms with Crippen molar-refractivity contribution in [2.75, 3.05) is 5.73 Å². The van der Waals surface area contributed by atoms with Crippen molar-refractivity contribution in [2.24, 2.45) is 0 Å². The van der Waals surface area contributed by atoms with E-state index in [0.717, 1.165) is 11.1 Å². The minimum Gasteiger partial charge on any atom is -0.394 e. The number of H-pyrrole nitrogens is 1. The minimum absolute atomic E-state index is 0.0914. The maximum Gasteiger partial charge on any atom is 0.212 e. The quantitative estimate of drug-likeness (QED) is 0.745. The standard InChI is InChI=1S/C12H14N2O/c1-7(2)8-4-3-5-9-11(8)14-6-10(13)12(9)15/h3-7H,13H2,1-2H3,(H,14,15). The van der Waals surface area contributed by atoms with Gasteiger partial charge in [-0.3, -0.25) is 4.79 Å². The zero-order chi connectivity index (χ0) is 11.0.